The van der Waals surface area contributed by atoms with Crippen LogP contribution in [0.2, 0.25) is 0 Å². The van der Waals surface area contributed by atoms with Crippen LogP contribution in [-0.4, -0.2) is 43.2 Å². The number of rotatable bonds is 7. The molecule has 0 heterocycles. The van der Waals surface area contributed by atoms with E-state index in [-0.39, 0.29) is 6.04 Å². The van der Waals surface area contributed by atoms with Crippen molar-refractivity contribution in [2.45, 2.75) is 26.4 Å². The van der Waals surface area contributed by atoms with E-state index in [2.05, 4.69) is 0 Å². The van der Waals surface area contributed by atoms with Gasteiger partial charge in [-0.15, -0.1) is 0 Å². The van der Waals surface area contributed by atoms with Crippen LogP contribution in [0.15, 0.2) is 30.3 Å². The van der Waals surface area contributed by atoms with Crippen molar-refractivity contribution in [3.63, 3.8) is 0 Å². The summed E-state index contributed by atoms with van der Waals surface area (Å²) in [5, 5.41) is 0. The molecule has 0 spiro atoms. The maximum Gasteiger partial charge on any atom is 0.282 e. The summed E-state index contributed by atoms with van der Waals surface area (Å²) in [5.74, 6) is 0. The molecule has 0 fully saturated rings. The summed E-state index contributed by atoms with van der Waals surface area (Å²) in [6.07, 6.45) is 0. The third-order valence-electron chi connectivity index (χ3n) is 3.21. The van der Waals surface area contributed by atoms with Gasteiger partial charge in [-0.2, -0.15) is 17.0 Å². The van der Waals surface area contributed by atoms with Crippen molar-refractivity contribution < 1.29 is 8.42 Å². The maximum atomic E-state index is 12.5. The Bertz CT molecular complexity index is 476. The van der Waals surface area contributed by atoms with Crippen molar-refractivity contribution in [1.29, 1.82) is 0 Å². The minimum absolute atomic E-state index is 0.213. The molecule has 0 radical (unpaired) electrons. The van der Waals surface area contributed by atoms with Gasteiger partial charge in [-0.1, -0.05) is 37.3 Å². The lowest BCUT2D eigenvalue weighted by molar-refractivity contribution is 0.330. The summed E-state index contributed by atoms with van der Waals surface area (Å²) in [6.45, 7) is 4.74. The standard InChI is InChI=1S/C13H23N3O2S/c1-4-16(11-13-8-6-5-7-9-13)19(17,18)15(3)12(2)10-14/h5-9,12H,4,10-11,14H2,1-3H3. The highest BCUT2D eigenvalue weighted by Gasteiger charge is 2.28. The number of likely N-dealkylation sites (N-methyl/N-ethyl adjacent to an activating group) is 1. The molecular formula is C13H23N3O2S. The summed E-state index contributed by atoms with van der Waals surface area (Å²) >= 11 is 0. The van der Waals surface area contributed by atoms with Crippen LogP contribution in [-0.2, 0) is 16.8 Å². The highest BCUT2D eigenvalue weighted by molar-refractivity contribution is 7.86. The van der Waals surface area contributed by atoms with Gasteiger partial charge < -0.3 is 5.73 Å². The molecule has 1 unspecified atom stereocenters. The Kier molecular flexibility index (Phi) is 5.93. The van der Waals surface area contributed by atoms with Gasteiger partial charge in [0.15, 0.2) is 0 Å². The van der Waals surface area contributed by atoms with Crippen molar-refractivity contribution >= 4 is 10.2 Å². The van der Waals surface area contributed by atoms with E-state index in [0.717, 1.165) is 5.56 Å². The zero-order valence-corrected chi connectivity index (χ0v) is 12.6. The minimum atomic E-state index is -3.47. The molecule has 5 nitrogen and oxygen atoms in total. The summed E-state index contributed by atoms with van der Waals surface area (Å²) in [7, 11) is -1.90. The van der Waals surface area contributed by atoms with Crippen LogP contribution in [0.5, 0.6) is 0 Å². The van der Waals surface area contributed by atoms with Gasteiger partial charge in [-0.3, -0.25) is 0 Å². The molecule has 1 aromatic rings. The number of hydrogen-bond acceptors (Lipinski definition) is 3. The molecule has 1 rings (SSSR count). The molecule has 0 aliphatic carbocycles. The summed E-state index contributed by atoms with van der Waals surface area (Å²) in [6, 6.07) is 9.35. The van der Waals surface area contributed by atoms with E-state index in [4.69, 9.17) is 5.73 Å². The van der Waals surface area contributed by atoms with E-state index in [9.17, 15) is 8.42 Å². The Balaban J connectivity index is 2.90. The van der Waals surface area contributed by atoms with Crippen LogP contribution in [0, 0.1) is 0 Å². The van der Waals surface area contributed by atoms with Gasteiger partial charge in [0, 0.05) is 32.7 Å². The Morgan fingerprint density at radius 1 is 1.26 bits per heavy atom. The normalized spacial score (nSPS) is 14.0. The Morgan fingerprint density at radius 3 is 2.32 bits per heavy atom. The molecule has 0 aliphatic rings. The average Bonchev–Trinajstić information content (AvgIpc) is 2.43. The number of benzene rings is 1. The van der Waals surface area contributed by atoms with Gasteiger partial charge >= 0.3 is 0 Å². The highest BCUT2D eigenvalue weighted by atomic mass is 32.2. The molecule has 0 saturated heterocycles. The zero-order chi connectivity index (χ0) is 14.5. The van der Waals surface area contributed by atoms with E-state index in [0.29, 0.717) is 19.6 Å². The van der Waals surface area contributed by atoms with E-state index < -0.39 is 10.2 Å². The number of nitrogens with two attached hydrogens (primary N) is 1. The van der Waals surface area contributed by atoms with Crippen molar-refractivity contribution in [1.82, 2.24) is 8.61 Å². The van der Waals surface area contributed by atoms with E-state index in [1.54, 1.807) is 14.0 Å². The van der Waals surface area contributed by atoms with E-state index in [1.807, 2.05) is 37.3 Å². The van der Waals surface area contributed by atoms with Gasteiger partial charge in [0.25, 0.3) is 10.2 Å². The van der Waals surface area contributed by atoms with Crippen LogP contribution in [0.1, 0.15) is 19.4 Å². The topological polar surface area (TPSA) is 66.6 Å². The quantitative estimate of drug-likeness (QED) is 0.814. The third-order valence-corrected chi connectivity index (χ3v) is 5.33. The molecular weight excluding hydrogens is 262 g/mol. The first-order valence-electron chi connectivity index (χ1n) is 6.40. The van der Waals surface area contributed by atoms with E-state index in [1.165, 1.54) is 8.61 Å². The second-order valence-electron chi connectivity index (χ2n) is 4.52. The number of nitrogens with zero attached hydrogens (tertiary/aromatic N) is 2. The monoisotopic (exact) mass is 285 g/mol. The van der Waals surface area contributed by atoms with E-state index >= 15 is 0 Å². The molecule has 0 aromatic heterocycles. The molecule has 0 saturated carbocycles. The van der Waals surface area contributed by atoms with Crippen LogP contribution in [0.4, 0.5) is 0 Å². The average molecular weight is 285 g/mol. The van der Waals surface area contributed by atoms with Crippen molar-refractivity contribution in [2.24, 2.45) is 5.73 Å². The Labute approximate surface area is 116 Å². The van der Waals surface area contributed by atoms with Crippen LogP contribution in [0.3, 0.4) is 0 Å². The maximum absolute atomic E-state index is 12.5. The number of hydrogen-bond donors (Lipinski definition) is 1. The van der Waals surface area contributed by atoms with Crippen LogP contribution >= 0.6 is 0 Å². The molecule has 1 aromatic carbocycles. The smallest absolute Gasteiger partial charge is 0.282 e. The second kappa shape index (κ2) is 7.00. The first-order valence-corrected chi connectivity index (χ1v) is 7.80. The predicted octanol–water partition coefficient (Wildman–Crippen LogP) is 1.03. The minimum Gasteiger partial charge on any atom is -0.329 e. The first-order chi connectivity index (χ1) is 8.93. The molecule has 2 N–H and O–H groups in total. The lowest BCUT2D eigenvalue weighted by Gasteiger charge is -2.30. The zero-order valence-electron chi connectivity index (χ0n) is 11.8. The molecule has 0 amide bonds. The van der Waals surface area contributed by atoms with Crippen molar-refractivity contribution in [3.05, 3.63) is 35.9 Å². The summed E-state index contributed by atoms with van der Waals surface area (Å²) in [4.78, 5) is 0. The Hall–Kier alpha value is -0.950. The molecule has 0 aliphatic heterocycles. The van der Waals surface area contributed by atoms with Crippen molar-refractivity contribution in [2.75, 3.05) is 20.1 Å². The lowest BCUT2D eigenvalue weighted by atomic mass is 10.2. The fraction of sp³-hybridized carbons (Fsp3) is 0.538. The van der Waals surface area contributed by atoms with Gasteiger partial charge in [0.1, 0.15) is 0 Å². The van der Waals surface area contributed by atoms with Gasteiger partial charge in [0.05, 0.1) is 0 Å². The van der Waals surface area contributed by atoms with Gasteiger partial charge in [-0.25, -0.2) is 0 Å². The summed E-state index contributed by atoms with van der Waals surface area (Å²) < 4.78 is 27.7. The molecule has 1 atom stereocenters. The van der Waals surface area contributed by atoms with Crippen LogP contribution < -0.4 is 5.73 Å². The van der Waals surface area contributed by atoms with Gasteiger partial charge in [-0.05, 0) is 12.5 Å². The SMILES string of the molecule is CCN(Cc1ccccc1)S(=O)(=O)N(C)C(C)CN. The van der Waals surface area contributed by atoms with Crippen LogP contribution in [0.25, 0.3) is 0 Å². The predicted molar refractivity (Wildman–Crippen MR) is 77.7 cm³/mol. The highest BCUT2D eigenvalue weighted by Crippen LogP contribution is 2.13. The molecule has 108 valence electrons. The van der Waals surface area contributed by atoms with Crippen molar-refractivity contribution in [3.8, 4) is 0 Å². The fourth-order valence-corrected chi connectivity index (χ4v) is 3.25. The molecule has 19 heavy (non-hydrogen) atoms. The van der Waals surface area contributed by atoms with Gasteiger partial charge in [0.2, 0.25) is 0 Å². The lowest BCUT2D eigenvalue weighted by Crippen LogP contribution is -2.47. The fourth-order valence-electron chi connectivity index (χ4n) is 1.70. The second-order valence-corrected chi connectivity index (χ2v) is 6.51. The molecule has 0 bridgehead atoms. The summed E-state index contributed by atoms with van der Waals surface area (Å²) in [5.41, 5.74) is 6.51. The Morgan fingerprint density at radius 2 is 1.84 bits per heavy atom. The first kappa shape index (κ1) is 16.1. The third kappa shape index (κ3) is 4.01. The largest absolute Gasteiger partial charge is 0.329 e. The molecule has 6 heteroatoms.